The van der Waals surface area contributed by atoms with E-state index in [4.69, 9.17) is 0 Å². The van der Waals surface area contributed by atoms with Crippen molar-refractivity contribution in [3.63, 3.8) is 0 Å². The van der Waals surface area contributed by atoms with Crippen molar-refractivity contribution in [1.82, 2.24) is 15.1 Å². The zero-order valence-corrected chi connectivity index (χ0v) is 17.3. The SMILES string of the molecule is COC(=O)CSCCC(=O)NCc1cn(-c2ccccc2)nc1-c1ccc(F)cc1. The molecule has 0 aliphatic carbocycles. The van der Waals surface area contributed by atoms with Crippen molar-refractivity contribution < 1.29 is 18.7 Å². The van der Waals surface area contributed by atoms with Crippen LogP contribution in [0.25, 0.3) is 16.9 Å². The van der Waals surface area contributed by atoms with Gasteiger partial charge in [0, 0.05) is 36.0 Å². The fourth-order valence-corrected chi connectivity index (χ4v) is 3.52. The van der Waals surface area contributed by atoms with Crippen LogP contribution in [0.4, 0.5) is 4.39 Å². The fraction of sp³-hybridized carbons (Fsp3) is 0.227. The van der Waals surface area contributed by atoms with E-state index in [-0.39, 0.29) is 23.4 Å². The van der Waals surface area contributed by atoms with Crippen LogP contribution in [0.3, 0.4) is 0 Å². The summed E-state index contributed by atoms with van der Waals surface area (Å²) in [6.07, 6.45) is 2.15. The molecule has 1 amide bonds. The molecule has 156 valence electrons. The van der Waals surface area contributed by atoms with Crippen molar-refractivity contribution in [2.24, 2.45) is 0 Å². The van der Waals surface area contributed by atoms with Crippen LogP contribution in [0.5, 0.6) is 0 Å². The number of para-hydroxylation sites is 1. The Kier molecular flexibility index (Phi) is 7.62. The first kappa shape index (κ1) is 21.6. The third-order valence-electron chi connectivity index (χ3n) is 4.33. The second-order valence-corrected chi connectivity index (χ2v) is 7.55. The Balaban J connectivity index is 1.69. The molecule has 30 heavy (non-hydrogen) atoms. The number of methoxy groups -OCH3 is 1. The van der Waals surface area contributed by atoms with E-state index in [2.05, 4.69) is 15.2 Å². The smallest absolute Gasteiger partial charge is 0.315 e. The third-order valence-corrected chi connectivity index (χ3v) is 5.26. The second kappa shape index (κ2) is 10.6. The number of hydrogen-bond acceptors (Lipinski definition) is 5. The summed E-state index contributed by atoms with van der Waals surface area (Å²) in [7, 11) is 1.34. The highest BCUT2D eigenvalue weighted by molar-refractivity contribution is 7.99. The molecular formula is C22H22FN3O3S. The van der Waals surface area contributed by atoms with Crippen molar-refractivity contribution >= 4 is 23.6 Å². The van der Waals surface area contributed by atoms with Crippen molar-refractivity contribution in [2.75, 3.05) is 18.6 Å². The van der Waals surface area contributed by atoms with Crippen molar-refractivity contribution in [2.45, 2.75) is 13.0 Å². The highest BCUT2D eigenvalue weighted by atomic mass is 32.2. The van der Waals surface area contributed by atoms with Crippen LogP contribution in [0.1, 0.15) is 12.0 Å². The van der Waals surface area contributed by atoms with Crippen LogP contribution in [-0.4, -0.2) is 40.3 Å². The molecule has 0 aliphatic rings. The van der Waals surface area contributed by atoms with Gasteiger partial charge in [-0.1, -0.05) is 18.2 Å². The molecule has 0 atom stereocenters. The average molecular weight is 428 g/mol. The summed E-state index contributed by atoms with van der Waals surface area (Å²) >= 11 is 1.35. The van der Waals surface area contributed by atoms with Gasteiger partial charge >= 0.3 is 5.97 Å². The Morgan fingerprint density at radius 1 is 1.13 bits per heavy atom. The van der Waals surface area contributed by atoms with Crippen LogP contribution in [-0.2, 0) is 20.9 Å². The highest BCUT2D eigenvalue weighted by Crippen LogP contribution is 2.24. The van der Waals surface area contributed by atoms with Crippen LogP contribution >= 0.6 is 11.8 Å². The molecule has 6 nitrogen and oxygen atoms in total. The Morgan fingerprint density at radius 2 is 1.87 bits per heavy atom. The largest absolute Gasteiger partial charge is 0.468 e. The molecule has 3 rings (SSSR count). The minimum atomic E-state index is -0.319. The number of nitrogens with one attached hydrogen (secondary N) is 1. The molecule has 0 fully saturated rings. The van der Waals surface area contributed by atoms with E-state index in [0.29, 0.717) is 24.4 Å². The first-order chi connectivity index (χ1) is 14.6. The van der Waals surface area contributed by atoms with Gasteiger partial charge in [-0.05, 0) is 36.4 Å². The van der Waals surface area contributed by atoms with Gasteiger partial charge in [0.2, 0.25) is 5.91 Å². The van der Waals surface area contributed by atoms with Gasteiger partial charge in [-0.25, -0.2) is 9.07 Å². The quantitative estimate of drug-likeness (QED) is 0.417. The van der Waals surface area contributed by atoms with Gasteiger partial charge in [0.25, 0.3) is 0 Å². The van der Waals surface area contributed by atoms with Crippen molar-refractivity contribution in [3.8, 4) is 16.9 Å². The molecule has 1 N–H and O–H groups in total. The number of halogens is 1. The van der Waals surface area contributed by atoms with Crippen molar-refractivity contribution in [3.05, 3.63) is 72.2 Å². The maximum absolute atomic E-state index is 13.3. The lowest BCUT2D eigenvalue weighted by atomic mass is 10.1. The van der Waals surface area contributed by atoms with Gasteiger partial charge in [0.05, 0.1) is 24.2 Å². The summed E-state index contributed by atoms with van der Waals surface area (Å²) in [5.74, 6) is 0.000268. The maximum atomic E-state index is 13.3. The van der Waals surface area contributed by atoms with Gasteiger partial charge in [-0.15, -0.1) is 11.8 Å². The molecule has 1 heterocycles. The normalized spacial score (nSPS) is 10.6. The van der Waals surface area contributed by atoms with E-state index < -0.39 is 0 Å². The predicted molar refractivity (Wildman–Crippen MR) is 115 cm³/mol. The lowest BCUT2D eigenvalue weighted by Crippen LogP contribution is -2.23. The number of aromatic nitrogens is 2. The molecule has 8 heteroatoms. The summed E-state index contributed by atoms with van der Waals surface area (Å²) in [6.45, 7) is 0.292. The van der Waals surface area contributed by atoms with E-state index in [9.17, 15) is 14.0 Å². The van der Waals surface area contributed by atoms with Crippen LogP contribution in [0.2, 0.25) is 0 Å². The van der Waals surface area contributed by atoms with Crippen LogP contribution in [0.15, 0.2) is 60.8 Å². The molecule has 0 unspecified atom stereocenters. The lowest BCUT2D eigenvalue weighted by Gasteiger charge is -2.06. The van der Waals surface area contributed by atoms with Gasteiger partial charge in [-0.3, -0.25) is 9.59 Å². The Bertz CT molecular complexity index is 991. The van der Waals surface area contributed by atoms with Gasteiger partial charge in [0.1, 0.15) is 5.82 Å². The fourth-order valence-electron chi connectivity index (χ4n) is 2.76. The van der Waals surface area contributed by atoms with Gasteiger partial charge < -0.3 is 10.1 Å². The number of hydrogen-bond donors (Lipinski definition) is 1. The zero-order chi connectivity index (χ0) is 21.3. The second-order valence-electron chi connectivity index (χ2n) is 6.45. The third kappa shape index (κ3) is 5.93. The summed E-state index contributed by atoms with van der Waals surface area (Å²) in [5, 5.41) is 7.54. The first-order valence-electron chi connectivity index (χ1n) is 9.38. The molecule has 0 radical (unpaired) electrons. The number of rotatable bonds is 9. The average Bonchev–Trinajstić information content (AvgIpc) is 3.20. The standard InChI is InChI=1S/C22H22FN3O3S/c1-29-21(28)15-30-12-11-20(27)24-13-17-14-26(19-5-3-2-4-6-19)25-22(17)16-7-9-18(23)10-8-16/h2-10,14H,11-13,15H2,1H3,(H,24,27). The predicted octanol–water partition coefficient (Wildman–Crippen LogP) is 3.59. The van der Waals surface area contributed by atoms with E-state index in [1.807, 2.05) is 36.5 Å². The molecule has 0 saturated heterocycles. The van der Waals surface area contributed by atoms with Crippen LogP contribution < -0.4 is 5.32 Å². The van der Waals surface area contributed by atoms with E-state index in [1.54, 1.807) is 16.8 Å². The summed E-state index contributed by atoms with van der Waals surface area (Å²) in [6, 6.07) is 15.7. The number of carbonyl (C=O) groups excluding carboxylic acids is 2. The topological polar surface area (TPSA) is 73.2 Å². The molecule has 0 spiro atoms. The maximum Gasteiger partial charge on any atom is 0.315 e. The number of amides is 1. The minimum Gasteiger partial charge on any atom is -0.468 e. The first-order valence-corrected chi connectivity index (χ1v) is 10.5. The van der Waals surface area contributed by atoms with Crippen LogP contribution in [0, 0.1) is 5.82 Å². The molecule has 0 aliphatic heterocycles. The minimum absolute atomic E-state index is 0.120. The molecule has 1 aromatic heterocycles. The number of esters is 1. The molecule has 2 aromatic carbocycles. The van der Waals surface area contributed by atoms with E-state index in [1.165, 1.54) is 31.0 Å². The highest BCUT2D eigenvalue weighted by Gasteiger charge is 2.14. The number of benzene rings is 2. The Hall–Kier alpha value is -3.13. The Morgan fingerprint density at radius 3 is 2.57 bits per heavy atom. The van der Waals surface area contributed by atoms with Crippen molar-refractivity contribution in [1.29, 1.82) is 0 Å². The summed E-state index contributed by atoms with van der Waals surface area (Å²) in [4.78, 5) is 23.3. The molecule has 0 bridgehead atoms. The molecular weight excluding hydrogens is 405 g/mol. The zero-order valence-electron chi connectivity index (χ0n) is 16.5. The van der Waals surface area contributed by atoms with Gasteiger partial charge in [-0.2, -0.15) is 5.10 Å². The number of carbonyl (C=O) groups is 2. The summed E-state index contributed by atoms with van der Waals surface area (Å²) < 4.78 is 19.6. The Labute approximate surface area is 178 Å². The number of thioether (sulfide) groups is 1. The van der Waals surface area contributed by atoms with Gasteiger partial charge in [0.15, 0.2) is 0 Å². The molecule has 3 aromatic rings. The number of nitrogens with zero attached hydrogens (tertiary/aromatic N) is 2. The molecule has 0 saturated carbocycles. The summed E-state index contributed by atoms with van der Waals surface area (Å²) in [5.41, 5.74) is 3.15. The monoisotopic (exact) mass is 427 g/mol. The van der Waals surface area contributed by atoms with E-state index in [0.717, 1.165) is 16.8 Å². The number of ether oxygens (including phenoxy) is 1. The lowest BCUT2D eigenvalue weighted by molar-refractivity contribution is -0.137. The van der Waals surface area contributed by atoms with E-state index >= 15 is 0 Å².